The van der Waals surface area contributed by atoms with Crippen molar-refractivity contribution in [2.45, 2.75) is 20.0 Å². The lowest BCUT2D eigenvalue weighted by atomic mass is 10.2. The zero-order valence-electron chi connectivity index (χ0n) is 20.7. The maximum atomic E-state index is 13.9. The first-order valence-electron chi connectivity index (χ1n) is 11.8. The molecule has 0 aliphatic heterocycles. The molecule has 4 rings (SSSR count). The number of nitrogens with one attached hydrogen (secondary N) is 2. The lowest BCUT2D eigenvalue weighted by molar-refractivity contribution is -0.120. The summed E-state index contributed by atoms with van der Waals surface area (Å²) in [6, 6.07) is 18.2. The maximum Gasteiger partial charge on any atom is 0.257 e. The van der Waals surface area contributed by atoms with Crippen molar-refractivity contribution in [1.82, 2.24) is 15.6 Å². The fourth-order valence-electron chi connectivity index (χ4n) is 3.32. The number of nitrogens with zero attached hydrogens (tertiary/aromatic N) is 3. The number of halogens is 2. The SMILES string of the molecule is CCOc1cc(/C=N/NC(=O)Cc2nnc(NC(=O)c3ccccc3)s2)cc(Cl)c1OCc1ccccc1F. The highest BCUT2D eigenvalue weighted by molar-refractivity contribution is 7.15. The first-order valence-corrected chi connectivity index (χ1v) is 13.0. The van der Waals surface area contributed by atoms with Gasteiger partial charge in [-0.1, -0.05) is 59.3 Å². The van der Waals surface area contributed by atoms with Gasteiger partial charge in [0.25, 0.3) is 5.91 Å². The van der Waals surface area contributed by atoms with Crippen LogP contribution in [-0.2, 0) is 17.8 Å². The highest BCUT2D eigenvalue weighted by atomic mass is 35.5. The van der Waals surface area contributed by atoms with Crippen LogP contribution in [0, 0.1) is 5.82 Å². The molecule has 2 N–H and O–H groups in total. The van der Waals surface area contributed by atoms with E-state index in [1.807, 2.05) is 13.0 Å². The Morgan fingerprint density at radius 3 is 2.62 bits per heavy atom. The third-order valence-corrected chi connectivity index (χ3v) is 6.22. The Morgan fingerprint density at radius 1 is 1.08 bits per heavy atom. The van der Waals surface area contributed by atoms with Gasteiger partial charge in [0, 0.05) is 11.1 Å². The average Bonchev–Trinajstić information content (AvgIpc) is 3.36. The van der Waals surface area contributed by atoms with E-state index in [0.717, 1.165) is 11.3 Å². The maximum absolute atomic E-state index is 13.9. The fraction of sp³-hybridized carbons (Fsp3) is 0.148. The number of carbonyl (C=O) groups is 2. The molecule has 0 atom stereocenters. The Labute approximate surface area is 232 Å². The van der Waals surface area contributed by atoms with Crippen LogP contribution < -0.4 is 20.2 Å². The van der Waals surface area contributed by atoms with Gasteiger partial charge in [0.2, 0.25) is 11.0 Å². The quantitative estimate of drug-likeness (QED) is 0.189. The minimum absolute atomic E-state index is 0.0285. The van der Waals surface area contributed by atoms with E-state index in [0.29, 0.717) is 34.1 Å². The zero-order chi connectivity index (χ0) is 27.6. The van der Waals surface area contributed by atoms with Crippen molar-refractivity contribution >= 4 is 46.1 Å². The van der Waals surface area contributed by atoms with Crippen LogP contribution >= 0.6 is 22.9 Å². The molecule has 9 nitrogen and oxygen atoms in total. The van der Waals surface area contributed by atoms with Crippen LogP contribution in [0.25, 0.3) is 0 Å². The van der Waals surface area contributed by atoms with E-state index in [-0.39, 0.29) is 40.7 Å². The summed E-state index contributed by atoms with van der Waals surface area (Å²) in [5.74, 6) is -0.499. The molecule has 0 aliphatic rings. The van der Waals surface area contributed by atoms with Gasteiger partial charge in [0.1, 0.15) is 17.4 Å². The number of amides is 2. The molecule has 0 saturated heterocycles. The minimum atomic E-state index is -0.427. The molecule has 0 saturated carbocycles. The number of aromatic nitrogens is 2. The van der Waals surface area contributed by atoms with E-state index in [9.17, 15) is 14.0 Å². The second-order valence-electron chi connectivity index (χ2n) is 7.93. The molecule has 0 spiro atoms. The van der Waals surface area contributed by atoms with Gasteiger partial charge in [-0.3, -0.25) is 14.9 Å². The molecule has 39 heavy (non-hydrogen) atoms. The van der Waals surface area contributed by atoms with E-state index in [2.05, 4.69) is 26.0 Å². The lowest BCUT2D eigenvalue weighted by Gasteiger charge is -2.14. The molecular formula is C27H23ClFN5O4S. The Kier molecular flexibility index (Phi) is 9.54. The van der Waals surface area contributed by atoms with Crippen LogP contribution in [0.4, 0.5) is 9.52 Å². The molecule has 0 radical (unpaired) electrons. The topological polar surface area (TPSA) is 115 Å². The van der Waals surface area contributed by atoms with E-state index in [1.54, 1.807) is 54.6 Å². The van der Waals surface area contributed by atoms with Crippen molar-refractivity contribution in [3.63, 3.8) is 0 Å². The van der Waals surface area contributed by atoms with Crippen LogP contribution in [0.15, 0.2) is 71.8 Å². The van der Waals surface area contributed by atoms with E-state index in [1.165, 1.54) is 12.3 Å². The Bertz CT molecular complexity index is 1480. The van der Waals surface area contributed by atoms with Crippen molar-refractivity contribution in [3.8, 4) is 11.5 Å². The van der Waals surface area contributed by atoms with Gasteiger partial charge in [0.05, 0.1) is 24.3 Å². The van der Waals surface area contributed by atoms with Crippen molar-refractivity contribution in [2.24, 2.45) is 5.10 Å². The molecule has 4 aromatic rings. The highest BCUT2D eigenvalue weighted by Gasteiger charge is 2.15. The number of hydrogen-bond acceptors (Lipinski definition) is 8. The molecule has 1 aromatic heterocycles. The summed E-state index contributed by atoms with van der Waals surface area (Å²) >= 11 is 7.50. The normalized spacial score (nSPS) is 10.8. The van der Waals surface area contributed by atoms with Gasteiger partial charge in [-0.25, -0.2) is 9.82 Å². The number of hydrazone groups is 1. The zero-order valence-corrected chi connectivity index (χ0v) is 22.3. The number of hydrogen-bond donors (Lipinski definition) is 2. The largest absolute Gasteiger partial charge is 0.490 e. The molecule has 0 fully saturated rings. The van der Waals surface area contributed by atoms with Crippen LogP contribution in [-0.4, -0.2) is 34.8 Å². The molecular weight excluding hydrogens is 545 g/mol. The predicted molar refractivity (Wildman–Crippen MR) is 147 cm³/mol. The predicted octanol–water partition coefficient (Wildman–Crippen LogP) is 5.25. The summed E-state index contributed by atoms with van der Waals surface area (Å²) in [5.41, 5.74) is 3.83. The fourth-order valence-corrected chi connectivity index (χ4v) is 4.33. The van der Waals surface area contributed by atoms with Crippen LogP contribution in [0.1, 0.15) is 33.4 Å². The summed E-state index contributed by atoms with van der Waals surface area (Å²) < 4.78 is 25.3. The smallest absolute Gasteiger partial charge is 0.257 e. The second-order valence-corrected chi connectivity index (χ2v) is 9.40. The summed E-state index contributed by atoms with van der Waals surface area (Å²) in [4.78, 5) is 24.6. The van der Waals surface area contributed by atoms with Crippen LogP contribution in [0.3, 0.4) is 0 Å². The average molecular weight is 568 g/mol. The number of ether oxygens (including phenoxy) is 2. The van der Waals surface area contributed by atoms with Crippen LogP contribution in [0.5, 0.6) is 11.5 Å². The van der Waals surface area contributed by atoms with E-state index < -0.39 is 5.91 Å². The van der Waals surface area contributed by atoms with Gasteiger partial charge < -0.3 is 9.47 Å². The molecule has 0 unspecified atom stereocenters. The standard InChI is InChI=1S/C27H23ClFN5O4S/c1-2-37-22-13-17(12-20(28)25(22)38-16-19-10-6-7-11-21(19)29)15-30-32-23(35)14-24-33-34-27(39-24)31-26(36)18-8-4-3-5-9-18/h3-13,15H,2,14,16H2,1H3,(H,32,35)(H,31,34,36)/b30-15+. The third kappa shape index (κ3) is 7.82. The van der Waals surface area contributed by atoms with Gasteiger partial charge in [0.15, 0.2) is 11.5 Å². The van der Waals surface area contributed by atoms with Gasteiger partial charge in [-0.2, -0.15) is 5.10 Å². The van der Waals surface area contributed by atoms with E-state index in [4.69, 9.17) is 21.1 Å². The Balaban J connectivity index is 1.34. The molecule has 200 valence electrons. The first-order chi connectivity index (χ1) is 18.9. The third-order valence-electron chi connectivity index (χ3n) is 5.10. The van der Waals surface area contributed by atoms with Crippen molar-refractivity contribution < 1.29 is 23.5 Å². The molecule has 2 amide bonds. The molecule has 0 bridgehead atoms. The summed E-state index contributed by atoms with van der Waals surface area (Å²) in [5, 5.41) is 15.4. The number of carbonyl (C=O) groups excluding carboxylic acids is 2. The number of rotatable bonds is 11. The van der Waals surface area contributed by atoms with E-state index >= 15 is 0 Å². The molecule has 1 heterocycles. The van der Waals surface area contributed by atoms with Gasteiger partial charge in [-0.15, -0.1) is 10.2 Å². The number of benzene rings is 3. The summed E-state index contributed by atoms with van der Waals surface area (Å²) in [6.07, 6.45) is 1.32. The Morgan fingerprint density at radius 2 is 1.85 bits per heavy atom. The summed E-state index contributed by atoms with van der Waals surface area (Å²) in [6.45, 7) is 2.13. The lowest BCUT2D eigenvalue weighted by Crippen LogP contribution is -2.19. The van der Waals surface area contributed by atoms with Crippen molar-refractivity contribution in [1.29, 1.82) is 0 Å². The summed E-state index contributed by atoms with van der Waals surface area (Å²) in [7, 11) is 0. The van der Waals surface area contributed by atoms with Crippen LogP contribution in [0.2, 0.25) is 5.02 Å². The highest BCUT2D eigenvalue weighted by Crippen LogP contribution is 2.37. The van der Waals surface area contributed by atoms with Gasteiger partial charge in [-0.05, 0) is 42.8 Å². The number of anilines is 1. The van der Waals surface area contributed by atoms with Crippen molar-refractivity contribution in [2.75, 3.05) is 11.9 Å². The molecule has 12 heteroatoms. The second kappa shape index (κ2) is 13.4. The molecule has 3 aromatic carbocycles. The minimum Gasteiger partial charge on any atom is -0.490 e. The van der Waals surface area contributed by atoms with Gasteiger partial charge >= 0.3 is 0 Å². The molecule has 0 aliphatic carbocycles. The Hall–Kier alpha value is -4.35. The van der Waals surface area contributed by atoms with Crippen molar-refractivity contribution in [3.05, 3.63) is 99.3 Å². The monoisotopic (exact) mass is 567 g/mol. The first kappa shape index (κ1) is 27.7.